The van der Waals surface area contributed by atoms with E-state index in [1.54, 1.807) is 12.1 Å². The minimum atomic E-state index is -1.06. The number of nitrogens with zero attached hydrogens (tertiary/aromatic N) is 1. The smallest absolute Gasteiger partial charge is 0.341 e. The van der Waals surface area contributed by atoms with Crippen molar-refractivity contribution in [1.82, 2.24) is 5.16 Å². The zero-order valence-corrected chi connectivity index (χ0v) is 12.4. The van der Waals surface area contributed by atoms with E-state index in [9.17, 15) is 4.79 Å². The summed E-state index contributed by atoms with van der Waals surface area (Å²) in [5, 5.41) is 14.0. The molecule has 22 heavy (non-hydrogen) atoms. The quantitative estimate of drug-likeness (QED) is 0.789. The highest BCUT2D eigenvalue weighted by atomic mass is 35.5. The van der Waals surface area contributed by atoms with E-state index >= 15 is 0 Å². The van der Waals surface area contributed by atoms with Gasteiger partial charge in [0.15, 0.2) is 12.2 Å². The number of aliphatic carboxylic acids is 1. The topological polar surface area (TPSA) is 72.6 Å². The van der Waals surface area contributed by atoms with E-state index in [4.69, 9.17) is 26.0 Å². The molecular formula is C16H12ClNO4. The molecule has 0 aliphatic rings. The first-order valence-corrected chi connectivity index (χ1v) is 6.94. The summed E-state index contributed by atoms with van der Waals surface area (Å²) in [5.41, 5.74) is 2.96. The molecule has 5 nitrogen and oxygen atoms in total. The average molecular weight is 318 g/mol. The normalized spacial score (nSPS) is 10.8. The molecule has 0 aliphatic carbocycles. The van der Waals surface area contributed by atoms with Crippen LogP contribution in [-0.4, -0.2) is 22.8 Å². The molecule has 1 aromatic heterocycles. The van der Waals surface area contributed by atoms with Crippen molar-refractivity contribution >= 4 is 28.5 Å². The van der Waals surface area contributed by atoms with Gasteiger partial charge in [0.1, 0.15) is 11.4 Å². The van der Waals surface area contributed by atoms with Crippen LogP contribution in [0.15, 0.2) is 40.9 Å². The molecular weight excluding hydrogens is 306 g/mol. The van der Waals surface area contributed by atoms with Gasteiger partial charge >= 0.3 is 5.97 Å². The number of rotatable bonds is 4. The monoisotopic (exact) mass is 317 g/mol. The van der Waals surface area contributed by atoms with Gasteiger partial charge in [-0.2, -0.15) is 0 Å². The van der Waals surface area contributed by atoms with E-state index in [-0.39, 0.29) is 0 Å². The Morgan fingerprint density at radius 3 is 2.86 bits per heavy atom. The lowest BCUT2D eigenvalue weighted by Gasteiger charge is -2.10. The van der Waals surface area contributed by atoms with Crippen molar-refractivity contribution in [3.05, 3.63) is 47.0 Å². The van der Waals surface area contributed by atoms with Gasteiger partial charge in [-0.05, 0) is 36.8 Å². The molecule has 3 rings (SSSR count). The van der Waals surface area contributed by atoms with E-state index in [2.05, 4.69) is 5.16 Å². The van der Waals surface area contributed by atoms with Gasteiger partial charge in [0.05, 0.1) is 5.02 Å². The van der Waals surface area contributed by atoms with Gasteiger partial charge in [-0.15, -0.1) is 0 Å². The number of ether oxygens (including phenoxy) is 1. The molecule has 112 valence electrons. The Morgan fingerprint density at radius 2 is 2.09 bits per heavy atom. The zero-order chi connectivity index (χ0) is 15.7. The van der Waals surface area contributed by atoms with Crippen molar-refractivity contribution in [2.45, 2.75) is 6.92 Å². The van der Waals surface area contributed by atoms with E-state index in [0.29, 0.717) is 22.0 Å². The van der Waals surface area contributed by atoms with Crippen LogP contribution < -0.4 is 4.74 Å². The van der Waals surface area contributed by atoms with Crippen LogP contribution in [0.5, 0.6) is 5.75 Å². The van der Waals surface area contributed by atoms with Crippen molar-refractivity contribution < 1.29 is 19.2 Å². The van der Waals surface area contributed by atoms with Crippen molar-refractivity contribution in [3.63, 3.8) is 0 Å². The minimum absolute atomic E-state index is 0.332. The maximum absolute atomic E-state index is 10.6. The van der Waals surface area contributed by atoms with Crippen LogP contribution >= 0.6 is 11.6 Å². The van der Waals surface area contributed by atoms with E-state index < -0.39 is 12.6 Å². The maximum atomic E-state index is 10.6. The zero-order valence-electron chi connectivity index (χ0n) is 11.7. The highest BCUT2D eigenvalue weighted by Crippen LogP contribution is 2.37. The van der Waals surface area contributed by atoms with Crippen LogP contribution in [-0.2, 0) is 4.79 Å². The minimum Gasteiger partial charge on any atom is -0.480 e. The third-order valence-corrected chi connectivity index (χ3v) is 3.80. The molecule has 3 aromatic rings. The Morgan fingerprint density at radius 1 is 1.32 bits per heavy atom. The van der Waals surface area contributed by atoms with Crippen LogP contribution in [0.1, 0.15) is 5.56 Å². The van der Waals surface area contributed by atoms with Crippen molar-refractivity contribution in [3.8, 4) is 17.0 Å². The van der Waals surface area contributed by atoms with Crippen LogP contribution in [0.25, 0.3) is 22.2 Å². The summed E-state index contributed by atoms with van der Waals surface area (Å²) >= 11 is 6.27. The van der Waals surface area contributed by atoms with Gasteiger partial charge in [-0.3, -0.25) is 0 Å². The number of halogens is 1. The number of fused-ring (bicyclic) bond motifs is 1. The second-order valence-electron chi connectivity index (χ2n) is 4.76. The number of hydrogen-bond acceptors (Lipinski definition) is 4. The second-order valence-corrected chi connectivity index (χ2v) is 5.14. The molecule has 0 spiro atoms. The lowest BCUT2D eigenvalue weighted by atomic mass is 10.0. The molecule has 0 radical (unpaired) electrons. The van der Waals surface area contributed by atoms with E-state index in [1.165, 1.54) is 0 Å². The number of aromatic nitrogens is 1. The highest BCUT2D eigenvalue weighted by molar-refractivity contribution is 6.33. The number of carbonyl (C=O) groups is 1. The van der Waals surface area contributed by atoms with Crippen LogP contribution in [0.2, 0.25) is 5.02 Å². The van der Waals surface area contributed by atoms with Crippen LogP contribution in [0.3, 0.4) is 0 Å². The van der Waals surface area contributed by atoms with Crippen LogP contribution in [0, 0.1) is 6.92 Å². The van der Waals surface area contributed by atoms with Crippen molar-refractivity contribution in [2.24, 2.45) is 0 Å². The highest BCUT2D eigenvalue weighted by Gasteiger charge is 2.16. The third-order valence-electron chi connectivity index (χ3n) is 3.33. The summed E-state index contributed by atoms with van der Waals surface area (Å²) in [6.45, 7) is 1.39. The first-order valence-electron chi connectivity index (χ1n) is 6.56. The van der Waals surface area contributed by atoms with Gasteiger partial charge in [0, 0.05) is 10.9 Å². The molecule has 0 bridgehead atoms. The summed E-state index contributed by atoms with van der Waals surface area (Å²) < 4.78 is 10.5. The fraction of sp³-hybridized carbons (Fsp3) is 0.125. The number of benzene rings is 2. The van der Waals surface area contributed by atoms with E-state index in [1.807, 2.05) is 31.2 Å². The Labute approximate surface area is 131 Å². The molecule has 6 heteroatoms. The molecule has 0 unspecified atom stereocenters. The molecule has 1 heterocycles. The molecule has 0 aliphatic heterocycles. The van der Waals surface area contributed by atoms with E-state index in [0.717, 1.165) is 16.5 Å². The van der Waals surface area contributed by atoms with Gasteiger partial charge in [-0.1, -0.05) is 28.9 Å². The third kappa shape index (κ3) is 2.51. The Hall–Kier alpha value is -2.53. The Kier molecular flexibility index (Phi) is 3.73. The standard InChI is InChI=1S/C16H12ClNO4/c1-9-10(6-7-13(15(9)17)21-8-14(19)20)16-11-4-2-3-5-12(11)22-18-16/h2-7H,8H2,1H3,(H,19,20). The van der Waals surface area contributed by atoms with Gasteiger partial charge in [-0.25, -0.2) is 4.79 Å². The Bertz CT molecular complexity index is 856. The molecule has 0 fully saturated rings. The summed E-state index contributed by atoms with van der Waals surface area (Å²) in [6, 6.07) is 11.0. The first-order chi connectivity index (χ1) is 10.6. The number of carboxylic acid groups (broad SMARTS) is 1. The summed E-state index contributed by atoms with van der Waals surface area (Å²) in [4.78, 5) is 10.6. The fourth-order valence-corrected chi connectivity index (χ4v) is 2.47. The largest absolute Gasteiger partial charge is 0.480 e. The SMILES string of the molecule is Cc1c(-c2noc3ccccc23)ccc(OCC(=O)O)c1Cl. The average Bonchev–Trinajstić information content (AvgIpc) is 2.92. The van der Waals surface area contributed by atoms with Crippen molar-refractivity contribution in [2.75, 3.05) is 6.61 Å². The molecule has 0 amide bonds. The number of carboxylic acids is 1. The van der Waals surface area contributed by atoms with Crippen molar-refractivity contribution in [1.29, 1.82) is 0 Å². The molecule has 2 aromatic carbocycles. The first kappa shape index (κ1) is 14.4. The van der Waals surface area contributed by atoms with Gasteiger partial charge < -0.3 is 14.4 Å². The predicted octanol–water partition coefficient (Wildman–Crippen LogP) is 3.92. The lowest BCUT2D eigenvalue weighted by molar-refractivity contribution is -0.139. The summed E-state index contributed by atoms with van der Waals surface area (Å²) in [6.07, 6.45) is 0. The van der Waals surface area contributed by atoms with Gasteiger partial charge in [0.2, 0.25) is 0 Å². The maximum Gasteiger partial charge on any atom is 0.341 e. The summed E-state index contributed by atoms with van der Waals surface area (Å²) in [7, 11) is 0. The van der Waals surface area contributed by atoms with Crippen LogP contribution in [0.4, 0.5) is 0 Å². The number of para-hydroxylation sites is 1. The molecule has 0 saturated heterocycles. The lowest BCUT2D eigenvalue weighted by Crippen LogP contribution is -2.09. The molecule has 0 saturated carbocycles. The summed E-state index contributed by atoms with van der Waals surface area (Å²) in [5.74, 6) is -0.724. The van der Waals surface area contributed by atoms with Gasteiger partial charge in [0.25, 0.3) is 0 Å². The fourth-order valence-electron chi connectivity index (χ4n) is 2.25. The molecule has 1 N–H and O–H groups in total. The second kappa shape index (κ2) is 5.69. The predicted molar refractivity (Wildman–Crippen MR) is 82.3 cm³/mol. The Balaban J connectivity index is 2.05. The number of hydrogen-bond donors (Lipinski definition) is 1. The molecule has 0 atom stereocenters.